The van der Waals surface area contributed by atoms with Gasteiger partial charge in [0.05, 0.1) is 5.69 Å². The molecular formula is C22H20FNO. The number of ether oxygens (including phenoxy) is 1. The Morgan fingerprint density at radius 1 is 0.920 bits per heavy atom. The van der Waals surface area contributed by atoms with Gasteiger partial charge in [-0.25, -0.2) is 4.39 Å². The third-order valence-corrected chi connectivity index (χ3v) is 4.03. The molecular weight excluding hydrogens is 313 g/mol. The minimum Gasteiger partial charge on any atom is -0.489 e. The molecule has 0 aromatic heterocycles. The Morgan fingerprint density at radius 3 is 2.44 bits per heavy atom. The van der Waals surface area contributed by atoms with Gasteiger partial charge in [0.15, 0.2) is 0 Å². The molecule has 0 unspecified atom stereocenters. The van der Waals surface area contributed by atoms with Gasteiger partial charge < -0.3 is 4.74 Å². The van der Waals surface area contributed by atoms with Crippen LogP contribution in [0.25, 0.3) is 0 Å². The van der Waals surface area contributed by atoms with Gasteiger partial charge in [0.25, 0.3) is 0 Å². The molecule has 0 amide bonds. The standard InChI is InChI=1S/C22H20FNO/c1-16-6-9-21(12-17(16)2)24-14-18-7-10-22(11-8-18)25-15-19-4-3-5-20(23)13-19/h3-14H,15H2,1-2H3. The zero-order valence-corrected chi connectivity index (χ0v) is 14.4. The van der Waals surface area contributed by atoms with E-state index in [4.69, 9.17) is 4.74 Å². The summed E-state index contributed by atoms with van der Waals surface area (Å²) in [6, 6.07) is 20.3. The zero-order valence-electron chi connectivity index (χ0n) is 14.4. The molecule has 25 heavy (non-hydrogen) atoms. The SMILES string of the molecule is Cc1ccc(N=Cc2ccc(OCc3cccc(F)c3)cc2)cc1C. The number of benzene rings is 3. The fourth-order valence-electron chi connectivity index (χ4n) is 2.40. The van der Waals surface area contributed by atoms with Crippen molar-refractivity contribution in [2.75, 3.05) is 0 Å². The van der Waals surface area contributed by atoms with Crippen molar-refractivity contribution in [1.29, 1.82) is 0 Å². The topological polar surface area (TPSA) is 21.6 Å². The van der Waals surface area contributed by atoms with Crippen LogP contribution < -0.4 is 4.74 Å². The predicted octanol–water partition coefficient (Wildman–Crippen LogP) is 5.77. The van der Waals surface area contributed by atoms with Gasteiger partial charge in [-0.05, 0) is 84.6 Å². The maximum Gasteiger partial charge on any atom is 0.123 e. The van der Waals surface area contributed by atoms with Crippen LogP contribution in [0.2, 0.25) is 0 Å². The van der Waals surface area contributed by atoms with E-state index in [0.717, 1.165) is 22.6 Å². The third kappa shape index (κ3) is 4.77. The fraction of sp³-hybridized carbons (Fsp3) is 0.136. The van der Waals surface area contributed by atoms with Crippen molar-refractivity contribution in [3.8, 4) is 5.75 Å². The van der Waals surface area contributed by atoms with Crippen molar-refractivity contribution in [3.05, 3.63) is 94.8 Å². The van der Waals surface area contributed by atoms with E-state index in [-0.39, 0.29) is 5.82 Å². The second kappa shape index (κ2) is 7.75. The molecule has 3 heteroatoms. The van der Waals surface area contributed by atoms with Crippen molar-refractivity contribution in [3.63, 3.8) is 0 Å². The molecule has 0 bridgehead atoms. The molecule has 3 rings (SSSR count). The normalized spacial score (nSPS) is 11.0. The lowest BCUT2D eigenvalue weighted by Crippen LogP contribution is -1.96. The van der Waals surface area contributed by atoms with Crippen LogP contribution in [0.3, 0.4) is 0 Å². The molecule has 0 aliphatic rings. The minimum absolute atomic E-state index is 0.251. The Labute approximate surface area is 147 Å². The molecule has 0 fully saturated rings. The van der Waals surface area contributed by atoms with Crippen LogP contribution in [-0.2, 0) is 6.61 Å². The van der Waals surface area contributed by atoms with Crippen molar-refractivity contribution >= 4 is 11.9 Å². The Kier molecular flexibility index (Phi) is 5.24. The quantitative estimate of drug-likeness (QED) is 0.543. The van der Waals surface area contributed by atoms with Crippen LogP contribution in [-0.4, -0.2) is 6.21 Å². The molecule has 0 radical (unpaired) electrons. The molecule has 2 nitrogen and oxygen atoms in total. The summed E-state index contributed by atoms with van der Waals surface area (Å²) in [6.45, 7) is 4.51. The van der Waals surface area contributed by atoms with Crippen LogP contribution in [0.4, 0.5) is 10.1 Å². The zero-order chi connectivity index (χ0) is 17.6. The van der Waals surface area contributed by atoms with Gasteiger partial charge in [0.1, 0.15) is 18.2 Å². The molecule has 126 valence electrons. The molecule has 0 heterocycles. The Balaban J connectivity index is 1.61. The summed E-state index contributed by atoms with van der Waals surface area (Å²) in [6.07, 6.45) is 1.83. The average molecular weight is 333 g/mol. The highest BCUT2D eigenvalue weighted by Gasteiger charge is 1.99. The van der Waals surface area contributed by atoms with E-state index in [9.17, 15) is 4.39 Å². The monoisotopic (exact) mass is 333 g/mol. The summed E-state index contributed by atoms with van der Waals surface area (Å²) in [4.78, 5) is 4.50. The molecule has 0 N–H and O–H groups in total. The first-order valence-corrected chi connectivity index (χ1v) is 8.19. The highest BCUT2D eigenvalue weighted by atomic mass is 19.1. The maximum absolute atomic E-state index is 13.1. The van der Waals surface area contributed by atoms with Gasteiger partial charge >= 0.3 is 0 Å². The summed E-state index contributed by atoms with van der Waals surface area (Å²) in [5.74, 6) is 0.492. The van der Waals surface area contributed by atoms with Crippen LogP contribution in [0.15, 0.2) is 71.7 Å². The molecule has 0 aliphatic carbocycles. The summed E-state index contributed by atoms with van der Waals surface area (Å²) < 4.78 is 18.8. The summed E-state index contributed by atoms with van der Waals surface area (Å²) in [5, 5.41) is 0. The maximum atomic E-state index is 13.1. The van der Waals surface area contributed by atoms with Gasteiger partial charge in [-0.1, -0.05) is 18.2 Å². The van der Waals surface area contributed by atoms with Gasteiger partial charge in [0.2, 0.25) is 0 Å². The van der Waals surface area contributed by atoms with Crippen molar-refractivity contribution in [1.82, 2.24) is 0 Å². The van der Waals surface area contributed by atoms with Crippen LogP contribution in [0, 0.1) is 19.7 Å². The molecule has 0 saturated carbocycles. The van der Waals surface area contributed by atoms with E-state index in [1.807, 2.05) is 42.6 Å². The van der Waals surface area contributed by atoms with Crippen molar-refractivity contribution in [2.24, 2.45) is 4.99 Å². The first kappa shape index (κ1) is 16.9. The lowest BCUT2D eigenvalue weighted by molar-refractivity contribution is 0.305. The highest BCUT2D eigenvalue weighted by molar-refractivity contribution is 5.82. The Hall–Kier alpha value is -2.94. The van der Waals surface area contributed by atoms with E-state index in [1.54, 1.807) is 6.07 Å². The summed E-state index contributed by atoms with van der Waals surface area (Å²) in [7, 11) is 0. The number of halogens is 1. The second-order valence-electron chi connectivity index (χ2n) is 6.01. The van der Waals surface area contributed by atoms with E-state index in [1.165, 1.54) is 23.3 Å². The fourth-order valence-corrected chi connectivity index (χ4v) is 2.40. The largest absolute Gasteiger partial charge is 0.489 e. The molecule has 0 atom stereocenters. The van der Waals surface area contributed by atoms with Crippen molar-refractivity contribution < 1.29 is 9.13 Å². The average Bonchev–Trinajstić information content (AvgIpc) is 2.62. The van der Waals surface area contributed by atoms with Gasteiger partial charge in [-0.15, -0.1) is 0 Å². The van der Waals surface area contributed by atoms with Gasteiger partial charge in [-0.3, -0.25) is 4.99 Å². The number of hydrogen-bond acceptors (Lipinski definition) is 2. The number of hydrogen-bond donors (Lipinski definition) is 0. The predicted molar refractivity (Wildman–Crippen MR) is 100 cm³/mol. The second-order valence-corrected chi connectivity index (χ2v) is 6.01. The van der Waals surface area contributed by atoms with E-state index >= 15 is 0 Å². The number of aliphatic imine (C=N–C) groups is 1. The van der Waals surface area contributed by atoms with Crippen LogP contribution in [0.1, 0.15) is 22.3 Å². The van der Waals surface area contributed by atoms with Crippen LogP contribution in [0.5, 0.6) is 5.75 Å². The lowest BCUT2D eigenvalue weighted by Gasteiger charge is -2.06. The molecule has 0 spiro atoms. The third-order valence-electron chi connectivity index (χ3n) is 4.03. The van der Waals surface area contributed by atoms with Crippen molar-refractivity contribution in [2.45, 2.75) is 20.5 Å². The molecule has 3 aromatic rings. The lowest BCUT2D eigenvalue weighted by atomic mass is 10.1. The first-order chi connectivity index (χ1) is 12.1. The Morgan fingerprint density at radius 2 is 1.72 bits per heavy atom. The molecule has 0 aliphatic heterocycles. The number of rotatable bonds is 5. The van der Waals surface area contributed by atoms with E-state index in [2.05, 4.69) is 31.0 Å². The molecule has 3 aromatic carbocycles. The van der Waals surface area contributed by atoms with E-state index < -0.39 is 0 Å². The highest BCUT2D eigenvalue weighted by Crippen LogP contribution is 2.18. The Bertz CT molecular complexity index is 885. The number of nitrogens with zero attached hydrogens (tertiary/aromatic N) is 1. The van der Waals surface area contributed by atoms with E-state index in [0.29, 0.717) is 6.61 Å². The minimum atomic E-state index is -0.251. The van der Waals surface area contributed by atoms with Crippen LogP contribution >= 0.6 is 0 Å². The first-order valence-electron chi connectivity index (χ1n) is 8.19. The van der Waals surface area contributed by atoms with Gasteiger partial charge in [-0.2, -0.15) is 0 Å². The van der Waals surface area contributed by atoms with Gasteiger partial charge in [0, 0.05) is 6.21 Å². The molecule has 0 saturated heterocycles. The summed E-state index contributed by atoms with van der Waals surface area (Å²) in [5.41, 5.74) is 5.24. The number of aryl methyl sites for hydroxylation is 2. The summed E-state index contributed by atoms with van der Waals surface area (Å²) >= 11 is 0. The smallest absolute Gasteiger partial charge is 0.123 e.